The molecule has 0 aromatic heterocycles. The van der Waals surface area contributed by atoms with Crippen LogP contribution in [0.1, 0.15) is 22.3 Å². The number of morpholine rings is 1. The Morgan fingerprint density at radius 3 is 2.50 bits per heavy atom. The van der Waals surface area contributed by atoms with E-state index in [1.54, 1.807) is 0 Å². The molecule has 0 aliphatic carbocycles. The van der Waals surface area contributed by atoms with Crippen LogP contribution in [0.15, 0.2) is 48.5 Å². The third kappa shape index (κ3) is 5.58. The zero-order chi connectivity index (χ0) is 18.2. The monoisotopic (exact) mass is 353 g/mol. The molecule has 1 saturated heterocycles. The number of carbonyl (C=O) groups is 1. The highest BCUT2D eigenvalue weighted by atomic mass is 16.5. The number of benzene rings is 2. The Balaban J connectivity index is 1.50. The van der Waals surface area contributed by atoms with Crippen molar-refractivity contribution in [3.05, 3.63) is 70.8 Å². The highest BCUT2D eigenvalue weighted by Gasteiger charge is 2.13. The minimum absolute atomic E-state index is 0.146. The topological polar surface area (TPSA) is 53.6 Å². The summed E-state index contributed by atoms with van der Waals surface area (Å²) in [5.74, 6) is 0. The molecule has 26 heavy (non-hydrogen) atoms. The minimum Gasteiger partial charge on any atom is -0.379 e. The number of ether oxygens (including phenoxy) is 1. The Hall–Kier alpha value is -2.37. The van der Waals surface area contributed by atoms with Crippen LogP contribution in [0.5, 0.6) is 0 Å². The van der Waals surface area contributed by atoms with Gasteiger partial charge in [0.1, 0.15) is 0 Å². The van der Waals surface area contributed by atoms with E-state index < -0.39 is 0 Å². The van der Waals surface area contributed by atoms with Gasteiger partial charge in [-0.2, -0.15) is 0 Å². The molecule has 2 aromatic rings. The molecule has 1 aliphatic heterocycles. The lowest BCUT2D eigenvalue weighted by molar-refractivity contribution is 0.0341. The summed E-state index contributed by atoms with van der Waals surface area (Å²) in [5.41, 5.74) is 4.72. The molecule has 2 aromatic carbocycles. The van der Waals surface area contributed by atoms with E-state index in [1.807, 2.05) is 18.2 Å². The summed E-state index contributed by atoms with van der Waals surface area (Å²) in [6, 6.07) is 16.3. The fourth-order valence-corrected chi connectivity index (χ4v) is 3.13. The van der Waals surface area contributed by atoms with Crippen molar-refractivity contribution in [2.45, 2.75) is 26.6 Å². The van der Waals surface area contributed by atoms with Crippen molar-refractivity contribution in [3.8, 4) is 0 Å². The van der Waals surface area contributed by atoms with Crippen LogP contribution in [0.25, 0.3) is 0 Å². The van der Waals surface area contributed by atoms with Crippen LogP contribution in [-0.2, 0) is 24.4 Å². The van der Waals surface area contributed by atoms with Gasteiger partial charge in [0.05, 0.1) is 13.2 Å². The summed E-state index contributed by atoms with van der Waals surface area (Å²) in [7, 11) is 0. The van der Waals surface area contributed by atoms with E-state index >= 15 is 0 Å². The van der Waals surface area contributed by atoms with E-state index in [2.05, 4.69) is 52.8 Å². The predicted molar refractivity (Wildman–Crippen MR) is 103 cm³/mol. The molecule has 0 spiro atoms. The molecule has 3 rings (SSSR count). The van der Waals surface area contributed by atoms with Crippen molar-refractivity contribution >= 4 is 6.03 Å². The molecule has 0 unspecified atom stereocenters. The van der Waals surface area contributed by atoms with Gasteiger partial charge in [-0.15, -0.1) is 0 Å². The molecule has 0 atom stereocenters. The summed E-state index contributed by atoms with van der Waals surface area (Å²) >= 11 is 0. The number of amides is 2. The van der Waals surface area contributed by atoms with Crippen LogP contribution in [0.2, 0.25) is 0 Å². The Morgan fingerprint density at radius 1 is 1.00 bits per heavy atom. The Bertz CT molecular complexity index is 727. The van der Waals surface area contributed by atoms with E-state index in [0.29, 0.717) is 13.1 Å². The maximum Gasteiger partial charge on any atom is 0.315 e. The fourth-order valence-electron chi connectivity index (χ4n) is 3.13. The lowest BCUT2D eigenvalue weighted by Crippen LogP contribution is -2.37. The molecule has 5 heteroatoms. The van der Waals surface area contributed by atoms with E-state index in [4.69, 9.17) is 4.74 Å². The normalized spacial score (nSPS) is 14.8. The average molecular weight is 353 g/mol. The minimum atomic E-state index is -0.146. The van der Waals surface area contributed by atoms with Crippen molar-refractivity contribution in [1.29, 1.82) is 0 Å². The van der Waals surface area contributed by atoms with Gasteiger partial charge in [-0.25, -0.2) is 4.79 Å². The maximum absolute atomic E-state index is 12.1. The van der Waals surface area contributed by atoms with Gasteiger partial charge in [0.15, 0.2) is 0 Å². The first-order valence-corrected chi connectivity index (χ1v) is 9.15. The summed E-state index contributed by atoms with van der Waals surface area (Å²) in [4.78, 5) is 14.5. The molecule has 2 N–H and O–H groups in total. The van der Waals surface area contributed by atoms with E-state index in [0.717, 1.165) is 44.0 Å². The molecule has 1 fully saturated rings. The highest BCUT2D eigenvalue weighted by Crippen LogP contribution is 2.13. The molecule has 1 aliphatic rings. The summed E-state index contributed by atoms with van der Waals surface area (Å²) in [5, 5.41) is 5.89. The summed E-state index contributed by atoms with van der Waals surface area (Å²) in [6.07, 6.45) is 0. The number of carbonyl (C=O) groups excluding carboxylic acids is 1. The number of urea groups is 1. The van der Waals surface area contributed by atoms with Gasteiger partial charge in [-0.1, -0.05) is 54.1 Å². The van der Waals surface area contributed by atoms with Gasteiger partial charge in [0.25, 0.3) is 0 Å². The Kier molecular flexibility index (Phi) is 6.63. The Morgan fingerprint density at radius 2 is 1.73 bits per heavy atom. The van der Waals surface area contributed by atoms with Crippen molar-refractivity contribution in [2.75, 3.05) is 26.3 Å². The number of hydrogen-bond donors (Lipinski definition) is 2. The summed E-state index contributed by atoms with van der Waals surface area (Å²) in [6.45, 7) is 7.51. The second kappa shape index (κ2) is 9.36. The quantitative estimate of drug-likeness (QED) is 0.840. The number of aryl methyl sites for hydroxylation is 1. The third-order valence-electron chi connectivity index (χ3n) is 4.59. The highest BCUT2D eigenvalue weighted by molar-refractivity contribution is 5.73. The number of nitrogens with zero attached hydrogens (tertiary/aromatic N) is 1. The smallest absolute Gasteiger partial charge is 0.315 e. The first-order valence-electron chi connectivity index (χ1n) is 9.15. The lowest BCUT2D eigenvalue weighted by Gasteiger charge is -2.27. The van der Waals surface area contributed by atoms with Crippen LogP contribution < -0.4 is 10.6 Å². The predicted octanol–water partition coefficient (Wildman–Crippen LogP) is 2.83. The zero-order valence-corrected chi connectivity index (χ0v) is 15.3. The molecule has 0 radical (unpaired) electrons. The van der Waals surface area contributed by atoms with Crippen molar-refractivity contribution in [2.24, 2.45) is 0 Å². The molecular weight excluding hydrogens is 326 g/mol. The summed E-state index contributed by atoms with van der Waals surface area (Å²) < 4.78 is 5.41. The molecule has 0 bridgehead atoms. The van der Waals surface area contributed by atoms with E-state index in [-0.39, 0.29) is 6.03 Å². The zero-order valence-electron chi connectivity index (χ0n) is 15.3. The molecule has 2 amide bonds. The van der Waals surface area contributed by atoms with Gasteiger partial charge in [-0.3, -0.25) is 4.90 Å². The lowest BCUT2D eigenvalue weighted by atomic mass is 10.1. The standard InChI is InChI=1S/C21H27N3O2/c1-17-5-4-6-18(13-17)14-22-21(25)23-15-19-7-2-3-8-20(19)16-24-9-11-26-12-10-24/h2-8,13H,9-12,14-16H2,1H3,(H2,22,23,25). The van der Waals surface area contributed by atoms with Crippen LogP contribution in [0, 0.1) is 6.92 Å². The average Bonchev–Trinajstić information content (AvgIpc) is 2.66. The largest absolute Gasteiger partial charge is 0.379 e. The van der Waals surface area contributed by atoms with E-state index in [9.17, 15) is 4.79 Å². The number of hydrogen-bond acceptors (Lipinski definition) is 3. The van der Waals surface area contributed by atoms with E-state index in [1.165, 1.54) is 11.1 Å². The first-order chi connectivity index (χ1) is 12.7. The number of rotatable bonds is 6. The first kappa shape index (κ1) is 18.4. The van der Waals surface area contributed by atoms with Gasteiger partial charge < -0.3 is 15.4 Å². The molecule has 1 heterocycles. The molecular formula is C21H27N3O2. The van der Waals surface area contributed by atoms with Crippen LogP contribution in [0.3, 0.4) is 0 Å². The SMILES string of the molecule is Cc1cccc(CNC(=O)NCc2ccccc2CN2CCOCC2)c1. The second-order valence-corrected chi connectivity index (χ2v) is 6.68. The van der Waals surface area contributed by atoms with Crippen LogP contribution in [0.4, 0.5) is 4.79 Å². The van der Waals surface area contributed by atoms with Crippen LogP contribution in [-0.4, -0.2) is 37.2 Å². The van der Waals surface area contributed by atoms with Crippen molar-refractivity contribution in [3.63, 3.8) is 0 Å². The van der Waals surface area contributed by atoms with Gasteiger partial charge in [0.2, 0.25) is 0 Å². The van der Waals surface area contributed by atoms with Crippen molar-refractivity contribution < 1.29 is 9.53 Å². The third-order valence-corrected chi connectivity index (χ3v) is 4.59. The van der Waals surface area contributed by atoms with Gasteiger partial charge >= 0.3 is 6.03 Å². The van der Waals surface area contributed by atoms with Crippen molar-refractivity contribution in [1.82, 2.24) is 15.5 Å². The maximum atomic E-state index is 12.1. The fraction of sp³-hybridized carbons (Fsp3) is 0.381. The Labute approximate surface area is 155 Å². The molecule has 138 valence electrons. The molecule has 0 saturated carbocycles. The second-order valence-electron chi connectivity index (χ2n) is 6.68. The number of nitrogens with one attached hydrogen (secondary N) is 2. The van der Waals surface area contributed by atoms with Gasteiger partial charge in [-0.05, 0) is 23.6 Å². The molecule has 5 nitrogen and oxygen atoms in total. The van der Waals surface area contributed by atoms with Crippen LogP contribution >= 0.6 is 0 Å². The van der Waals surface area contributed by atoms with Gasteiger partial charge in [0, 0.05) is 32.7 Å².